The summed E-state index contributed by atoms with van der Waals surface area (Å²) in [6, 6.07) is -1.24. The largest absolute Gasteiger partial charge is 0.451 e. The molecule has 2 heterocycles. The zero-order chi connectivity index (χ0) is 23.2. The molecule has 0 aromatic heterocycles. The molecule has 30 heavy (non-hydrogen) atoms. The van der Waals surface area contributed by atoms with Crippen LogP contribution in [-0.4, -0.2) is 66.5 Å². The van der Waals surface area contributed by atoms with Crippen molar-refractivity contribution in [2.45, 2.75) is 51.0 Å². The van der Waals surface area contributed by atoms with Gasteiger partial charge in [0.25, 0.3) is 0 Å². The summed E-state index contributed by atoms with van der Waals surface area (Å²) >= 11 is 0. The van der Waals surface area contributed by atoms with Crippen molar-refractivity contribution >= 4 is 25.6 Å². The zero-order valence-corrected chi connectivity index (χ0v) is 17.4. The Labute approximate surface area is 167 Å². The second-order valence-electron chi connectivity index (χ2n) is 6.54. The molecule has 0 bridgehead atoms. The van der Waals surface area contributed by atoms with Crippen LogP contribution in [0.5, 0.6) is 0 Å². The molecule has 2 rings (SSSR count). The summed E-state index contributed by atoms with van der Waals surface area (Å²) in [6.07, 6.45) is -13.2. The minimum atomic E-state index is -5.96. The van der Waals surface area contributed by atoms with Crippen LogP contribution in [0.25, 0.3) is 0 Å². The molecule has 16 heteroatoms. The van der Waals surface area contributed by atoms with Gasteiger partial charge in [0.05, 0.1) is 13.2 Å². The van der Waals surface area contributed by atoms with Gasteiger partial charge in [-0.25, -0.2) is 0 Å². The lowest BCUT2D eigenvalue weighted by atomic mass is 10.1. The maximum atomic E-state index is 13.4. The number of hydrogen-bond donors (Lipinski definition) is 1. The highest BCUT2D eigenvalue weighted by Crippen LogP contribution is 2.64. The highest BCUT2D eigenvalue weighted by atomic mass is 31.2. The first-order valence-electron chi connectivity index (χ1n) is 8.54. The Kier molecular flexibility index (Phi) is 6.14. The van der Waals surface area contributed by atoms with Crippen LogP contribution in [0.4, 0.5) is 26.3 Å². The second kappa shape index (κ2) is 7.59. The molecule has 0 saturated heterocycles. The Balaban J connectivity index is 2.54. The summed E-state index contributed by atoms with van der Waals surface area (Å²) < 4.78 is 112. The molecule has 0 fully saturated rings. The van der Waals surface area contributed by atoms with Gasteiger partial charge in [-0.2, -0.15) is 41.1 Å². The number of halogens is 6. The molecular formula is C14H20F6N5O4P. The van der Waals surface area contributed by atoms with E-state index in [0.717, 1.165) is 0 Å². The van der Waals surface area contributed by atoms with Gasteiger partial charge in [0, 0.05) is 7.05 Å². The first-order valence-corrected chi connectivity index (χ1v) is 10.1. The van der Waals surface area contributed by atoms with Crippen LogP contribution < -0.4 is 5.32 Å². The van der Waals surface area contributed by atoms with E-state index in [1.807, 2.05) is 0 Å². The van der Waals surface area contributed by atoms with Crippen LogP contribution >= 0.6 is 7.52 Å². The molecule has 0 spiro atoms. The Morgan fingerprint density at radius 3 is 2.13 bits per heavy atom. The highest BCUT2D eigenvalue weighted by Gasteiger charge is 2.74. The van der Waals surface area contributed by atoms with Crippen molar-refractivity contribution in [3.8, 4) is 0 Å². The molecule has 172 valence electrons. The summed E-state index contributed by atoms with van der Waals surface area (Å²) in [5, 5.41) is 0.867. The van der Waals surface area contributed by atoms with Crippen LogP contribution in [0.2, 0.25) is 0 Å². The van der Waals surface area contributed by atoms with Crippen molar-refractivity contribution in [2.24, 2.45) is 14.7 Å². The smallest absolute Gasteiger partial charge is 0.444 e. The first kappa shape index (κ1) is 24.3. The summed E-state index contributed by atoms with van der Waals surface area (Å²) in [7, 11) is -2.38. The van der Waals surface area contributed by atoms with Crippen molar-refractivity contribution in [2.75, 3.05) is 20.3 Å². The molecule has 0 amide bonds. The fourth-order valence-corrected chi connectivity index (χ4v) is 4.29. The molecule has 2 aliphatic rings. The number of aliphatic imine (C=N–C) groups is 2. The van der Waals surface area contributed by atoms with E-state index in [1.54, 1.807) is 6.92 Å². The number of amidine groups is 1. The van der Waals surface area contributed by atoms with Gasteiger partial charge in [0.1, 0.15) is 5.28 Å². The molecule has 0 aromatic rings. The van der Waals surface area contributed by atoms with E-state index in [1.165, 1.54) is 32.7 Å². The number of nitrogens with zero attached hydrogens (tertiary/aromatic N) is 4. The predicted molar refractivity (Wildman–Crippen MR) is 94.1 cm³/mol. The molecule has 1 N–H and O–H groups in total. The molecule has 0 aromatic carbocycles. The van der Waals surface area contributed by atoms with Gasteiger partial charge in [-0.1, -0.05) is 0 Å². The summed E-state index contributed by atoms with van der Waals surface area (Å²) in [6.45, 7) is 5.50. The third-order valence-electron chi connectivity index (χ3n) is 4.34. The third-order valence-corrected chi connectivity index (χ3v) is 7.08. The minimum absolute atomic E-state index is 0.00911. The van der Waals surface area contributed by atoms with Gasteiger partial charge in [-0.3, -0.25) is 9.88 Å². The maximum absolute atomic E-state index is 13.4. The summed E-state index contributed by atoms with van der Waals surface area (Å²) in [4.78, 5) is 6.42. The van der Waals surface area contributed by atoms with E-state index in [2.05, 4.69) is 24.8 Å². The molecular weight excluding hydrogens is 447 g/mol. The number of guanidine groups is 1. The molecule has 1 atom stereocenters. The van der Waals surface area contributed by atoms with Crippen molar-refractivity contribution in [1.29, 1.82) is 0 Å². The number of rotatable bonds is 3. The molecule has 0 aliphatic carbocycles. The van der Waals surface area contributed by atoms with Gasteiger partial charge < -0.3 is 18.9 Å². The number of ether oxygens (including phenoxy) is 2. The lowest BCUT2D eigenvalue weighted by molar-refractivity contribution is -0.294. The number of hydrogen-bond acceptors (Lipinski definition) is 8. The van der Waals surface area contributed by atoms with Crippen LogP contribution in [0.3, 0.4) is 0 Å². The van der Waals surface area contributed by atoms with Crippen molar-refractivity contribution in [1.82, 2.24) is 10.2 Å². The average Bonchev–Trinajstić information content (AvgIpc) is 2.73. The van der Waals surface area contributed by atoms with Gasteiger partial charge in [0.15, 0.2) is 0 Å². The summed E-state index contributed by atoms with van der Waals surface area (Å²) in [5.74, 6) is -0.369. The van der Waals surface area contributed by atoms with E-state index < -0.39 is 42.9 Å². The fourth-order valence-electron chi connectivity index (χ4n) is 2.41. The molecule has 9 nitrogen and oxygen atoms in total. The molecule has 2 aliphatic heterocycles. The minimum Gasteiger partial charge on any atom is -0.451 e. The van der Waals surface area contributed by atoms with Crippen LogP contribution in [0.15, 0.2) is 14.7 Å². The van der Waals surface area contributed by atoms with Crippen LogP contribution in [-0.2, 0) is 18.6 Å². The molecule has 0 radical (unpaired) electrons. The van der Waals surface area contributed by atoms with Crippen LogP contribution in [0.1, 0.15) is 27.7 Å². The quantitative estimate of drug-likeness (QED) is 0.505. The van der Waals surface area contributed by atoms with Gasteiger partial charge in [-0.05, 0) is 27.7 Å². The maximum Gasteiger partial charge on any atom is 0.444 e. The van der Waals surface area contributed by atoms with Crippen molar-refractivity contribution in [3.05, 3.63) is 0 Å². The Hall–Kier alpha value is -2.02. The monoisotopic (exact) mass is 467 g/mol. The molecule has 0 unspecified atom stereocenters. The topological polar surface area (TPSA) is 97.1 Å². The first-order chi connectivity index (χ1) is 13.5. The van der Waals surface area contributed by atoms with E-state index in [-0.39, 0.29) is 19.2 Å². The fraction of sp³-hybridized carbons (Fsp3) is 0.786. The van der Waals surface area contributed by atoms with E-state index in [9.17, 15) is 30.9 Å². The summed E-state index contributed by atoms with van der Waals surface area (Å²) in [5.41, 5.74) is -4.86. The SMILES string of the molecule is CCOC1=NC(C(F)(F)F)(C(F)(F)F)N=C(NC2=N[P@@](=O)(OCC)C(C)(C)N2C)O1. The lowest BCUT2D eigenvalue weighted by Gasteiger charge is -2.34. The Morgan fingerprint density at radius 1 is 1.10 bits per heavy atom. The highest BCUT2D eigenvalue weighted by molar-refractivity contribution is 7.59. The van der Waals surface area contributed by atoms with Gasteiger partial charge in [0.2, 0.25) is 5.96 Å². The van der Waals surface area contributed by atoms with Crippen molar-refractivity contribution < 1.29 is 44.9 Å². The van der Waals surface area contributed by atoms with Gasteiger partial charge >= 0.3 is 37.6 Å². The third kappa shape index (κ3) is 3.84. The molecule has 0 saturated carbocycles. The predicted octanol–water partition coefficient (Wildman–Crippen LogP) is 3.44. The van der Waals surface area contributed by atoms with E-state index >= 15 is 0 Å². The zero-order valence-electron chi connectivity index (χ0n) is 16.6. The van der Waals surface area contributed by atoms with E-state index in [4.69, 9.17) is 9.26 Å². The average molecular weight is 467 g/mol. The number of nitrogens with one attached hydrogen (secondary N) is 1. The number of alkyl halides is 6. The van der Waals surface area contributed by atoms with Gasteiger partial charge in [-0.15, -0.1) is 0 Å². The second-order valence-corrected chi connectivity index (χ2v) is 9.13. The van der Waals surface area contributed by atoms with Crippen LogP contribution in [0, 0.1) is 0 Å². The van der Waals surface area contributed by atoms with Crippen molar-refractivity contribution in [3.63, 3.8) is 0 Å². The van der Waals surface area contributed by atoms with E-state index in [0.29, 0.717) is 0 Å². The Morgan fingerprint density at radius 2 is 1.67 bits per heavy atom. The Bertz CT molecular complexity index is 809. The normalized spacial score (nSPS) is 25.8. The standard InChI is InChI=1S/C14H20F6N5O4P/c1-6-27-10-23-12(13(15,16)17,14(18,19)20)22-9(29-10)21-8-24-30(26,28-7-2)11(3,4)25(8)5/h6-7H2,1-5H3,(H,21,22,24,26)/t30-/m0/s1. The lowest BCUT2D eigenvalue weighted by Crippen LogP contribution is -2.59.